The quantitative estimate of drug-likeness (QED) is 0.0603. The molecule has 3 aromatic rings. The third kappa shape index (κ3) is 12.3. The van der Waals surface area contributed by atoms with E-state index in [2.05, 4.69) is 19.4 Å². The molecule has 25 heteroatoms. The van der Waals surface area contributed by atoms with Crippen molar-refractivity contribution in [2.24, 2.45) is 15.2 Å². The average molecular weight is 765 g/mol. The summed E-state index contributed by atoms with van der Waals surface area (Å²) in [4.78, 5) is 1.47. The molecule has 0 saturated carbocycles. The fraction of sp³-hybridized carbons (Fsp3) is 0.190. The van der Waals surface area contributed by atoms with Gasteiger partial charge in [0.15, 0.2) is 0 Å². The second-order valence-electron chi connectivity index (χ2n) is 8.40. The van der Waals surface area contributed by atoms with Crippen molar-refractivity contribution in [3.05, 3.63) is 42.5 Å². The maximum Gasteiger partial charge on any atom is 1.00 e. The number of rotatable bonds is 11. The molecule has 3 rings (SSSR count). The van der Waals surface area contributed by atoms with Crippen molar-refractivity contribution in [3.8, 4) is 5.75 Å². The van der Waals surface area contributed by atoms with E-state index in [1.54, 1.807) is 0 Å². The Morgan fingerprint density at radius 2 is 1.50 bits per heavy atom. The summed E-state index contributed by atoms with van der Waals surface area (Å²) in [6, 6.07) is 6.76. The third-order valence-electron chi connectivity index (χ3n) is 5.40. The molecule has 0 atom stereocenters. The van der Waals surface area contributed by atoms with Crippen LogP contribution in [0.5, 0.6) is 5.75 Å². The summed E-state index contributed by atoms with van der Waals surface area (Å²) >= 11 is 0. The standard InChI is InChI=1S/C21H22N4O14S4.K.2Na/c1-12(26)22-17-11-16(41(30,31)32)9-13-10-18(42(33,34)35)20(21(27)19(13)17)24-23-14-3-5-15(6-4-14)25(2)40(28,29)8-7-39-43(36,37)38;;;/h3-6,9-11,27H,7-8H2,1-2H3,(H,22,26)(H,30,31,32)(H,33,34,35)(H,36,37,38);;;/q;3*+1/p-3. The van der Waals surface area contributed by atoms with Crippen LogP contribution in [0.15, 0.2) is 67.5 Å². The van der Waals surface area contributed by atoms with Crippen LogP contribution in [0, 0.1) is 0 Å². The van der Waals surface area contributed by atoms with Gasteiger partial charge in [-0.3, -0.25) is 18.4 Å². The molecule has 46 heavy (non-hydrogen) atoms. The van der Waals surface area contributed by atoms with E-state index in [1.807, 2.05) is 0 Å². The predicted molar refractivity (Wildman–Crippen MR) is 144 cm³/mol. The molecule has 0 aliphatic carbocycles. The van der Waals surface area contributed by atoms with Gasteiger partial charge in [0.2, 0.25) is 10.0 Å². The molecule has 0 aliphatic rings. The number of fused-ring (bicyclic) bond motifs is 1. The predicted octanol–water partition coefficient (Wildman–Crippen LogP) is -8.51. The molecular formula is C21H19KN4Na2O14S4. The number of benzene rings is 3. The van der Waals surface area contributed by atoms with Crippen LogP contribution in [0.3, 0.4) is 0 Å². The molecule has 234 valence electrons. The second kappa shape index (κ2) is 17.7. The van der Waals surface area contributed by atoms with E-state index in [0.29, 0.717) is 18.2 Å². The third-order valence-corrected chi connectivity index (χ3v) is 9.27. The summed E-state index contributed by atoms with van der Waals surface area (Å²) in [5, 5.41) is 31.3. The van der Waals surface area contributed by atoms with Gasteiger partial charge >= 0.3 is 121 Å². The number of hydrogen-bond acceptors (Lipinski definition) is 15. The maximum absolute atomic E-state index is 13.3. The van der Waals surface area contributed by atoms with Crippen LogP contribution in [0.1, 0.15) is 6.92 Å². The Morgan fingerprint density at radius 3 is 1.98 bits per heavy atom. The van der Waals surface area contributed by atoms with Crippen molar-refractivity contribution in [3.63, 3.8) is 0 Å². The van der Waals surface area contributed by atoms with Gasteiger partial charge in [0.25, 0.3) is 10.1 Å². The molecule has 0 radical (unpaired) electrons. The minimum absolute atomic E-state index is 0. The van der Waals surface area contributed by atoms with Gasteiger partial charge in [-0.25, -0.2) is 21.0 Å². The summed E-state index contributed by atoms with van der Waals surface area (Å²) in [7, 11) is -18.2. The van der Waals surface area contributed by atoms with Gasteiger partial charge in [-0.15, -0.1) is 5.11 Å². The topological polar surface area (TPSA) is 296 Å². The van der Waals surface area contributed by atoms with Gasteiger partial charge in [-0.1, -0.05) is 5.75 Å². The average Bonchev–Trinajstić information content (AvgIpc) is 2.85. The van der Waals surface area contributed by atoms with Crippen molar-refractivity contribution >= 4 is 80.1 Å². The zero-order valence-electron chi connectivity index (χ0n) is 24.7. The van der Waals surface area contributed by atoms with E-state index >= 15 is 0 Å². The van der Waals surface area contributed by atoms with Gasteiger partial charge in [-0.05, 0) is 60.7 Å². The van der Waals surface area contributed by atoms with Crippen molar-refractivity contribution < 1.29 is 172 Å². The van der Waals surface area contributed by atoms with Gasteiger partial charge < -0.3 is 14.8 Å². The van der Waals surface area contributed by atoms with E-state index in [4.69, 9.17) is 4.55 Å². The van der Waals surface area contributed by atoms with E-state index in [0.717, 1.165) is 18.3 Å². The van der Waals surface area contributed by atoms with Crippen molar-refractivity contribution in [1.29, 1.82) is 0 Å². The Morgan fingerprint density at radius 1 is 0.935 bits per heavy atom. The van der Waals surface area contributed by atoms with Crippen LogP contribution >= 0.6 is 0 Å². The van der Waals surface area contributed by atoms with Gasteiger partial charge in [0.1, 0.15) is 15.0 Å². The first-order valence-electron chi connectivity index (χ1n) is 11.2. The molecule has 0 heterocycles. The van der Waals surface area contributed by atoms with E-state index in [9.17, 15) is 53.0 Å². The molecule has 0 spiro atoms. The molecule has 0 unspecified atom stereocenters. The van der Waals surface area contributed by atoms with E-state index in [1.165, 1.54) is 24.3 Å². The molecule has 0 aromatic heterocycles. The SMILES string of the molecule is CC([O-])=Nc1cc(S(=O)(=O)[O-])cc2cc(S(=O)(=O)O)c(N=Nc3ccc(N(C)S(=O)(=O)CCOS(=O)(=O)O)cc3)c([O-])c12.[K+].[Na+].[Na+]. The molecule has 0 aliphatic heterocycles. The fourth-order valence-corrected chi connectivity index (χ4v) is 6.09. The Balaban J connectivity index is 0.00000675. The molecule has 0 saturated heterocycles. The first-order valence-corrected chi connectivity index (χ1v) is 17.0. The molecule has 0 bridgehead atoms. The van der Waals surface area contributed by atoms with Gasteiger partial charge in [0.05, 0.1) is 40.0 Å². The molecular weight excluding hydrogens is 746 g/mol. The van der Waals surface area contributed by atoms with Crippen LogP contribution in [0.25, 0.3) is 10.8 Å². The smallest absolute Gasteiger partial charge is 0.870 e. The van der Waals surface area contributed by atoms with Crippen molar-refractivity contribution in [1.82, 2.24) is 0 Å². The number of anilines is 1. The monoisotopic (exact) mass is 764 g/mol. The largest absolute Gasteiger partial charge is 1.00 e. The first kappa shape index (κ1) is 45.9. The van der Waals surface area contributed by atoms with Crippen molar-refractivity contribution in [2.45, 2.75) is 16.7 Å². The van der Waals surface area contributed by atoms with Gasteiger partial charge in [-0.2, -0.15) is 21.9 Å². The summed E-state index contributed by atoms with van der Waals surface area (Å²) in [6.45, 7) is 0.0914. The molecule has 18 nitrogen and oxygen atoms in total. The Bertz CT molecular complexity index is 2090. The summed E-state index contributed by atoms with van der Waals surface area (Å²) in [5.41, 5.74) is -1.57. The Hall–Kier alpha value is -0.134. The van der Waals surface area contributed by atoms with E-state index < -0.39 is 96.6 Å². The zero-order valence-corrected chi connectivity index (χ0v) is 35.1. The summed E-state index contributed by atoms with van der Waals surface area (Å²) in [6.07, 6.45) is 0. The number of hydrogen-bond donors (Lipinski definition) is 2. The van der Waals surface area contributed by atoms with Crippen molar-refractivity contribution in [2.75, 3.05) is 23.7 Å². The second-order valence-corrected chi connectivity index (χ2v) is 14.4. The minimum atomic E-state index is -5.20. The Labute approximate surface area is 350 Å². The molecule has 2 N–H and O–H groups in total. The van der Waals surface area contributed by atoms with Gasteiger partial charge in [0, 0.05) is 12.4 Å². The number of azo groups is 1. The Kier molecular flexibility index (Phi) is 17.6. The fourth-order valence-electron chi connectivity index (χ4n) is 3.50. The number of nitrogens with zero attached hydrogens (tertiary/aromatic N) is 4. The molecule has 0 fully saturated rings. The van der Waals surface area contributed by atoms with E-state index in [-0.39, 0.29) is 122 Å². The number of aliphatic imine (C=N–C) groups is 1. The summed E-state index contributed by atoms with van der Waals surface area (Å²) < 4.78 is 128. The van der Waals surface area contributed by atoms with Crippen LogP contribution in [0.2, 0.25) is 0 Å². The normalized spacial score (nSPS) is 12.7. The first-order chi connectivity index (χ1) is 19.6. The number of sulfonamides is 1. The minimum Gasteiger partial charge on any atom is -0.870 e. The van der Waals surface area contributed by atoms with Crippen LogP contribution in [-0.2, 0) is 44.8 Å². The van der Waals surface area contributed by atoms with Crippen LogP contribution in [-0.4, -0.2) is 72.6 Å². The molecule has 0 amide bonds. The summed E-state index contributed by atoms with van der Waals surface area (Å²) in [5.74, 6) is -2.98. The van der Waals surface area contributed by atoms with Crippen LogP contribution < -0.4 is 125 Å². The van der Waals surface area contributed by atoms with Crippen LogP contribution in [0.4, 0.5) is 22.7 Å². The zero-order chi connectivity index (χ0) is 32.5. The molecule has 3 aromatic carbocycles. The maximum atomic E-state index is 13.3.